The van der Waals surface area contributed by atoms with Crippen LogP contribution in [0, 0.1) is 23.3 Å². The lowest BCUT2D eigenvalue weighted by Gasteiger charge is -2.04. The Labute approximate surface area is 89.2 Å². The third-order valence-corrected chi connectivity index (χ3v) is 2.10. The predicted molar refractivity (Wildman–Crippen MR) is 51.7 cm³/mol. The molecule has 82 valence electrons. The van der Waals surface area contributed by atoms with Gasteiger partial charge in [0.25, 0.3) is 0 Å². The first-order valence-electron chi connectivity index (χ1n) is 4.48. The molecule has 0 heterocycles. The van der Waals surface area contributed by atoms with Crippen LogP contribution in [0.5, 0.6) is 0 Å². The molecule has 0 spiro atoms. The third kappa shape index (κ3) is 2.05. The molecule has 0 saturated heterocycles. The lowest BCUT2D eigenvalue weighted by Crippen LogP contribution is -1.89. The molecule has 0 fully saturated rings. The SMILES string of the molecule is Fc1cc(F)cc(-c2ccc(F)cc2F)c1. The maximum atomic E-state index is 13.3. The van der Waals surface area contributed by atoms with E-state index in [1.807, 2.05) is 0 Å². The number of hydrogen-bond donors (Lipinski definition) is 0. The maximum Gasteiger partial charge on any atom is 0.133 e. The van der Waals surface area contributed by atoms with Crippen molar-refractivity contribution in [2.45, 2.75) is 0 Å². The van der Waals surface area contributed by atoms with Crippen LogP contribution in [0.1, 0.15) is 0 Å². The fourth-order valence-corrected chi connectivity index (χ4v) is 1.43. The van der Waals surface area contributed by atoms with Crippen molar-refractivity contribution in [2.75, 3.05) is 0 Å². The van der Waals surface area contributed by atoms with Crippen molar-refractivity contribution in [3.63, 3.8) is 0 Å². The lowest BCUT2D eigenvalue weighted by molar-refractivity contribution is 0.580. The molecular weight excluding hydrogens is 220 g/mol. The van der Waals surface area contributed by atoms with Crippen LogP contribution >= 0.6 is 0 Å². The first kappa shape index (κ1) is 10.7. The zero-order valence-corrected chi connectivity index (χ0v) is 7.98. The number of hydrogen-bond acceptors (Lipinski definition) is 0. The second-order valence-corrected chi connectivity index (χ2v) is 3.28. The highest BCUT2D eigenvalue weighted by Gasteiger charge is 2.08. The summed E-state index contributed by atoms with van der Waals surface area (Å²) >= 11 is 0. The van der Waals surface area contributed by atoms with Crippen LogP contribution in [-0.2, 0) is 0 Å². The highest BCUT2D eigenvalue weighted by Crippen LogP contribution is 2.24. The zero-order chi connectivity index (χ0) is 11.7. The molecule has 0 saturated carbocycles. The molecule has 0 N–H and O–H groups in total. The van der Waals surface area contributed by atoms with Gasteiger partial charge in [-0.05, 0) is 29.8 Å². The Morgan fingerprint density at radius 1 is 0.625 bits per heavy atom. The molecule has 0 aromatic heterocycles. The van der Waals surface area contributed by atoms with Gasteiger partial charge in [0.15, 0.2) is 0 Å². The molecule has 4 heteroatoms. The molecule has 0 nitrogen and oxygen atoms in total. The first-order valence-corrected chi connectivity index (χ1v) is 4.48. The van der Waals surface area contributed by atoms with Gasteiger partial charge in [-0.3, -0.25) is 0 Å². The van der Waals surface area contributed by atoms with Crippen LogP contribution in [0.15, 0.2) is 36.4 Å². The van der Waals surface area contributed by atoms with E-state index in [4.69, 9.17) is 0 Å². The number of halogens is 4. The molecule has 0 bridgehead atoms. The Morgan fingerprint density at radius 3 is 1.81 bits per heavy atom. The van der Waals surface area contributed by atoms with E-state index in [1.165, 1.54) is 0 Å². The summed E-state index contributed by atoms with van der Waals surface area (Å²) in [6.07, 6.45) is 0. The van der Waals surface area contributed by atoms with E-state index < -0.39 is 23.3 Å². The van der Waals surface area contributed by atoms with Gasteiger partial charge in [-0.15, -0.1) is 0 Å². The molecule has 0 aliphatic rings. The molecule has 2 aromatic carbocycles. The van der Waals surface area contributed by atoms with Gasteiger partial charge < -0.3 is 0 Å². The van der Waals surface area contributed by atoms with Gasteiger partial charge in [0.05, 0.1) is 0 Å². The van der Waals surface area contributed by atoms with Gasteiger partial charge in [-0.25, -0.2) is 17.6 Å². The van der Waals surface area contributed by atoms with Crippen LogP contribution in [0.3, 0.4) is 0 Å². The topological polar surface area (TPSA) is 0 Å². The molecule has 0 amide bonds. The van der Waals surface area contributed by atoms with E-state index in [2.05, 4.69) is 0 Å². The van der Waals surface area contributed by atoms with Crippen LogP contribution in [0.2, 0.25) is 0 Å². The quantitative estimate of drug-likeness (QED) is 0.646. The summed E-state index contributed by atoms with van der Waals surface area (Å²) in [6.45, 7) is 0. The molecule has 0 atom stereocenters. The summed E-state index contributed by atoms with van der Waals surface area (Å²) in [4.78, 5) is 0. The van der Waals surface area contributed by atoms with Gasteiger partial charge >= 0.3 is 0 Å². The van der Waals surface area contributed by atoms with Gasteiger partial charge in [0.2, 0.25) is 0 Å². The molecular formula is C12H6F4. The van der Waals surface area contributed by atoms with Crippen molar-refractivity contribution in [1.29, 1.82) is 0 Å². The second kappa shape index (κ2) is 3.96. The minimum absolute atomic E-state index is 0.0370. The Balaban J connectivity index is 2.58. The van der Waals surface area contributed by atoms with Gasteiger partial charge in [-0.2, -0.15) is 0 Å². The fraction of sp³-hybridized carbons (Fsp3) is 0. The van der Waals surface area contributed by atoms with Crippen molar-refractivity contribution in [3.05, 3.63) is 59.7 Å². The van der Waals surface area contributed by atoms with E-state index in [1.54, 1.807) is 0 Å². The van der Waals surface area contributed by atoms with Crippen molar-refractivity contribution in [1.82, 2.24) is 0 Å². The summed E-state index contributed by atoms with van der Waals surface area (Å²) < 4.78 is 51.7. The summed E-state index contributed by atoms with van der Waals surface area (Å²) in [5, 5.41) is 0. The van der Waals surface area contributed by atoms with Crippen LogP contribution in [0.4, 0.5) is 17.6 Å². The predicted octanol–water partition coefficient (Wildman–Crippen LogP) is 3.91. The summed E-state index contributed by atoms with van der Waals surface area (Å²) in [7, 11) is 0. The average Bonchev–Trinajstić information content (AvgIpc) is 2.15. The minimum Gasteiger partial charge on any atom is -0.207 e. The molecule has 0 radical (unpaired) electrons. The van der Waals surface area contributed by atoms with Crippen molar-refractivity contribution < 1.29 is 17.6 Å². The Kier molecular flexibility index (Phi) is 2.64. The highest BCUT2D eigenvalue weighted by atomic mass is 19.1. The van der Waals surface area contributed by atoms with E-state index in [-0.39, 0.29) is 11.1 Å². The first-order chi connectivity index (χ1) is 7.56. The smallest absolute Gasteiger partial charge is 0.133 e. The van der Waals surface area contributed by atoms with Crippen LogP contribution in [-0.4, -0.2) is 0 Å². The van der Waals surface area contributed by atoms with Crippen LogP contribution in [0.25, 0.3) is 11.1 Å². The normalized spacial score (nSPS) is 10.5. The molecule has 0 aliphatic heterocycles. The van der Waals surface area contributed by atoms with Crippen molar-refractivity contribution >= 4 is 0 Å². The van der Waals surface area contributed by atoms with Crippen LogP contribution < -0.4 is 0 Å². The number of rotatable bonds is 1. The van der Waals surface area contributed by atoms with Gasteiger partial charge in [0.1, 0.15) is 23.3 Å². The van der Waals surface area contributed by atoms with Crippen molar-refractivity contribution in [3.8, 4) is 11.1 Å². The zero-order valence-electron chi connectivity index (χ0n) is 7.98. The largest absolute Gasteiger partial charge is 0.207 e. The van der Waals surface area contributed by atoms with E-state index in [0.29, 0.717) is 12.1 Å². The van der Waals surface area contributed by atoms with Gasteiger partial charge in [-0.1, -0.05) is 0 Å². The van der Waals surface area contributed by atoms with E-state index >= 15 is 0 Å². The minimum atomic E-state index is -0.856. The fourth-order valence-electron chi connectivity index (χ4n) is 1.43. The van der Waals surface area contributed by atoms with E-state index in [9.17, 15) is 17.6 Å². The third-order valence-electron chi connectivity index (χ3n) is 2.10. The second-order valence-electron chi connectivity index (χ2n) is 3.28. The summed E-state index contributed by atoms with van der Waals surface area (Å²) in [6, 6.07) is 5.49. The lowest BCUT2D eigenvalue weighted by atomic mass is 10.0. The number of benzene rings is 2. The monoisotopic (exact) mass is 226 g/mol. The van der Waals surface area contributed by atoms with Gasteiger partial charge in [0, 0.05) is 17.7 Å². The standard InChI is InChI=1S/C12H6F4/c13-8-1-2-11(12(16)6-8)7-3-9(14)5-10(15)4-7/h1-6H. The molecule has 0 aliphatic carbocycles. The van der Waals surface area contributed by atoms with Crippen molar-refractivity contribution in [2.24, 2.45) is 0 Å². The summed E-state index contributed by atoms with van der Waals surface area (Å²) in [5.41, 5.74) is -0.00481. The summed E-state index contributed by atoms with van der Waals surface area (Å²) in [5.74, 6) is -3.21. The maximum absolute atomic E-state index is 13.3. The molecule has 0 unspecified atom stereocenters. The Hall–Kier alpha value is -1.84. The molecule has 16 heavy (non-hydrogen) atoms. The van der Waals surface area contributed by atoms with E-state index in [0.717, 1.165) is 24.3 Å². The highest BCUT2D eigenvalue weighted by molar-refractivity contribution is 5.64. The molecule has 2 aromatic rings. The average molecular weight is 226 g/mol. The Bertz CT molecular complexity index is 514. The molecule has 2 rings (SSSR count). The Morgan fingerprint density at radius 2 is 1.25 bits per heavy atom.